The van der Waals surface area contributed by atoms with Crippen LogP contribution >= 0.6 is 0 Å². The van der Waals surface area contributed by atoms with Crippen LogP contribution in [0.3, 0.4) is 0 Å². The van der Waals surface area contributed by atoms with E-state index < -0.39 is 17.9 Å². The number of aromatic amines is 1. The van der Waals surface area contributed by atoms with Crippen molar-refractivity contribution in [2.24, 2.45) is 5.92 Å². The number of rotatable bonds is 6. The van der Waals surface area contributed by atoms with Gasteiger partial charge in [-0.15, -0.1) is 0 Å². The Hall–Kier alpha value is -3.56. The Balaban J connectivity index is 1.74. The zero-order chi connectivity index (χ0) is 22.6. The van der Waals surface area contributed by atoms with Crippen LogP contribution in [0.5, 0.6) is 5.88 Å². The van der Waals surface area contributed by atoms with Gasteiger partial charge in [0.1, 0.15) is 5.69 Å². The molecule has 10 heteroatoms. The van der Waals surface area contributed by atoms with Crippen LogP contribution in [0.1, 0.15) is 25.1 Å². The number of ether oxygens (including phenoxy) is 1. The van der Waals surface area contributed by atoms with Crippen molar-refractivity contribution in [3.8, 4) is 5.88 Å². The molecule has 3 aromatic rings. The van der Waals surface area contributed by atoms with E-state index >= 15 is 0 Å². The number of halogens is 3. The molecule has 0 aliphatic heterocycles. The summed E-state index contributed by atoms with van der Waals surface area (Å²) in [4.78, 5) is 30.1. The number of amides is 2. The number of hydrogen-bond donors (Lipinski definition) is 3. The highest BCUT2D eigenvalue weighted by Gasteiger charge is 2.33. The molecule has 164 valence electrons. The Labute approximate surface area is 175 Å². The van der Waals surface area contributed by atoms with Crippen molar-refractivity contribution in [3.63, 3.8) is 0 Å². The summed E-state index contributed by atoms with van der Waals surface area (Å²) in [5.74, 6) is -0.0928. The van der Waals surface area contributed by atoms with Gasteiger partial charge in [0.2, 0.25) is 11.4 Å². The first-order chi connectivity index (χ1) is 14.6. The van der Waals surface area contributed by atoms with Crippen molar-refractivity contribution in [1.29, 1.82) is 0 Å². The second-order valence-electron chi connectivity index (χ2n) is 7.26. The summed E-state index contributed by atoms with van der Waals surface area (Å²) >= 11 is 0. The van der Waals surface area contributed by atoms with E-state index in [1.54, 1.807) is 24.3 Å². The second kappa shape index (κ2) is 9.07. The number of benzene rings is 1. The highest BCUT2D eigenvalue weighted by atomic mass is 19.4. The van der Waals surface area contributed by atoms with Gasteiger partial charge in [-0.2, -0.15) is 13.2 Å². The van der Waals surface area contributed by atoms with Crippen LogP contribution in [-0.2, 0) is 12.7 Å². The maximum atomic E-state index is 13.0. The molecular weight excluding hydrogens is 413 g/mol. The molecule has 0 bridgehead atoms. The lowest BCUT2D eigenvalue weighted by molar-refractivity contribution is -0.141. The van der Waals surface area contributed by atoms with E-state index in [2.05, 4.69) is 20.6 Å². The number of hydrogen-bond acceptors (Lipinski definition) is 4. The fourth-order valence-electron chi connectivity index (χ4n) is 2.77. The summed E-state index contributed by atoms with van der Waals surface area (Å²) in [6, 6.07) is 9.47. The number of aromatic nitrogens is 2. The minimum absolute atomic E-state index is 0.0817. The van der Waals surface area contributed by atoms with Gasteiger partial charge in [0.15, 0.2) is 0 Å². The summed E-state index contributed by atoms with van der Waals surface area (Å²) in [5, 5.41) is 5.89. The third kappa shape index (κ3) is 5.74. The Morgan fingerprint density at radius 1 is 1.16 bits per heavy atom. The Bertz CT molecular complexity index is 1140. The van der Waals surface area contributed by atoms with Crippen LogP contribution < -0.4 is 20.9 Å². The predicted octanol–water partition coefficient (Wildman–Crippen LogP) is 4.30. The largest absolute Gasteiger partial charge is 0.477 e. The predicted molar refractivity (Wildman–Crippen MR) is 110 cm³/mol. The molecule has 0 spiro atoms. The van der Waals surface area contributed by atoms with Crippen molar-refractivity contribution >= 4 is 22.6 Å². The molecule has 2 heterocycles. The van der Waals surface area contributed by atoms with Gasteiger partial charge in [-0.05, 0) is 36.2 Å². The highest BCUT2D eigenvalue weighted by Crippen LogP contribution is 2.30. The van der Waals surface area contributed by atoms with E-state index in [0.717, 1.165) is 6.07 Å². The van der Waals surface area contributed by atoms with E-state index in [4.69, 9.17) is 4.74 Å². The molecule has 7 nitrogen and oxygen atoms in total. The van der Waals surface area contributed by atoms with Crippen LogP contribution in [-0.4, -0.2) is 22.6 Å². The maximum absolute atomic E-state index is 13.0. The number of carbonyl (C=O) groups excluding carboxylic acids is 1. The normalized spacial score (nSPS) is 11.5. The van der Waals surface area contributed by atoms with E-state index in [-0.39, 0.29) is 30.5 Å². The lowest BCUT2D eigenvalue weighted by atomic mass is 10.2. The molecule has 2 aromatic heterocycles. The molecule has 3 N–H and O–H groups in total. The van der Waals surface area contributed by atoms with Gasteiger partial charge in [-0.3, -0.25) is 4.79 Å². The van der Waals surface area contributed by atoms with Crippen LogP contribution in [0.15, 0.2) is 47.3 Å². The van der Waals surface area contributed by atoms with Crippen LogP contribution in [0.25, 0.3) is 10.9 Å². The molecule has 0 aliphatic carbocycles. The quantitative estimate of drug-likeness (QED) is 0.539. The molecular formula is C21H21F3N4O3. The van der Waals surface area contributed by atoms with Crippen molar-refractivity contribution in [3.05, 3.63) is 64.1 Å². The smallest absolute Gasteiger partial charge is 0.433 e. The van der Waals surface area contributed by atoms with Crippen molar-refractivity contribution < 1.29 is 22.7 Å². The summed E-state index contributed by atoms with van der Waals surface area (Å²) in [6.45, 7) is 3.81. The fourth-order valence-corrected chi connectivity index (χ4v) is 2.77. The SMILES string of the molecule is CC(C)COc1nc(C(F)(F)F)ccc1CNC(=O)Nc1cccc2[nH]c(=O)ccc12. The molecule has 0 atom stereocenters. The number of nitrogens with zero attached hydrogens (tertiary/aromatic N) is 1. The number of anilines is 1. The monoisotopic (exact) mass is 434 g/mol. The van der Waals surface area contributed by atoms with Gasteiger partial charge in [0.05, 0.1) is 17.8 Å². The first-order valence-electron chi connectivity index (χ1n) is 9.50. The van der Waals surface area contributed by atoms with E-state index in [9.17, 15) is 22.8 Å². The highest BCUT2D eigenvalue weighted by molar-refractivity contribution is 6.00. The van der Waals surface area contributed by atoms with Crippen LogP contribution in [0, 0.1) is 5.92 Å². The number of alkyl halides is 3. The summed E-state index contributed by atoms with van der Waals surface area (Å²) in [6.07, 6.45) is -4.60. The number of H-pyrrole nitrogens is 1. The molecule has 0 fully saturated rings. The van der Waals surface area contributed by atoms with Crippen molar-refractivity contribution in [2.45, 2.75) is 26.6 Å². The van der Waals surface area contributed by atoms with Crippen LogP contribution in [0.2, 0.25) is 0 Å². The number of pyridine rings is 2. The first kappa shape index (κ1) is 22.1. The van der Waals surface area contributed by atoms with Gasteiger partial charge >= 0.3 is 12.2 Å². The van der Waals surface area contributed by atoms with E-state index in [1.807, 2.05) is 13.8 Å². The van der Waals surface area contributed by atoms with Gasteiger partial charge < -0.3 is 20.4 Å². The number of nitrogens with one attached hydrogen (secondary N) is 3. The first-order valence-corrected chi connectivity index (χ1v) is 9.50. The second-order valence-corrected chi connectivity index (χ2v) is 7.26. The Kier molecular flexibility index (Phi) is 6.47. The van der Waals surface area contributed by atoms with Crippen molar-refractivity contribution in [2.75, 3.05) is 11.9 Å². The summed E-state index contributed by atoms with van der Waals surface area (Å²) in [5.41, 5.74) is 0.00257. The molecule has 1 aromatic carbocycles. The molecule has 2 amide bonds. The van der Waals surface area contributed by atoms with E-state index in [1.165, 1.54) is 12.1 Å². The minimum atomic E-state index is -4.60. The zero-order valence-electron chi connectivity index (χ0n) is 16.8. The molecule has 31 heavy (non-hydrogen) atoms. The molecule has 3 rings (SSSR count). The topological polar surface area (TPSA) is 96.1 Å². The standard InChI is InChI=1S/C21H21F3N4O3/c1-12(2)11-31-19-13(6-8-17(28-19)21(22,23)24)10-25-20(30)27-16-5-3-4-15-14(16)7-9-18(29)26-15/h3-9,12H,10-11H2,1-2H3,(H,26,29)(H2,25,27,30). The number of urea groups is 1. The molecule has 0 radical (unpaired) electrons. The lowest BCUT2D eigenvalue weighted by Crippen LogP contribution is -2.28. The molecule has 0 saturated carbocycles. The summed E-state index contributed by atoms with van der Waals surface area (Å²) < 4.78 is 44.4. The molecule has 0 aliphatic rings. The molecule has 0 unspecified atom stereocenters. The third-order valence-corrected chi connectivity index (χ3v) is 4.24. The number of fused-ring (bicyclic) bond motifs is 1. The summed E-state index contributed by atoms with van der Waals surface area (Å²) in [7, 11) is 0. The third-order valence-electron chi connectivity index (χ3n) is 4.24. The van der Waals surface area contributed by atoms with Gasteiger partial charge in [-0.1, -0.05) is 19.9 Å². The van der Waals surface area contributed by atoms with Gasteiger partial charge in [-0.25, -0.2) is 9.78 Å². The average molecular weight is 434 g/mol. The Morgan fingerprint density at radius 2 is 1.94 bits per heavy atom. The Morgan fingerprint density at radius 3 is 2.65 bits per heavy atom. The zero-order valence-corrected chi connectivity index (χ0v) is 16.8. The fraction of sp³-hybridized carbons (Fsp3) is 0.286. The lowest BCUT2D eigenvalue weighted by Gasteiger charge is -2.15. The van der Waals surface area contributed by atoms with Crippen LogP contribution in [0.4, 0.5) is 23.7 Å². The average Bonchev–Trinajstić information content (AvgIpc) is 2.70. The van der Waals surface area contributed by atoms with E-state index in [0.29, 0.717) is 22.2 Å². The molecule has 0 saturated heterocycles. The van der Waals surface area contributed by atoms with Crippen molar-refractivity contribution in [1.82, 2.24) is 15.3 Å². The number of carbonyl (C=O) groups is 1. The van der Waals surface area contributed by atoms with Gasteiger partial charge in [0, 0.05) is 23.6 Å². The minimum Gasteiger partial charge on any atom is -0.477 e. The maximum Gasteiger partial charge on any atom is 0.433 e. The van der Waals surface area contributed by atoms with Gasteiger partial charge in [0.25, 0.3) is 0 Å².